The Kier molecular flexibility index (Phi) is 5.17. The fourth-order valence-corrected chi connectivity index (χ4v) is 2.69. The summed E-state index contributed by atoms with van der Waals surface area (Å²) in [6.45, 7) is 7.38. The van der Waals surface area contributed by atoms with Crippen molar-refractivity contribution >= 4 is 23.6 Å². The first kappa shape index (κ1) is 17.8. The van der Waals surface area contributed by atoms with E-state index in [0.29, 0.717) is 12.0 Å². The molecule has 6 nitrogen and oxygen atoms in total. The first-order chi connectivity index (χ1) is 11.3. The third kappa shape index (κ3) is 3.22. The van der Waals surface area contributed by atoms with Crippen molar-refractivity contribution in [3.63, 3.8) is 0 Å². The predicted octanol–water partition coefficient (Wildman–Crippen LogP) is 2.39. The topological polar surface area (TPSA) is 74.8 Å². The van der Waals surface area contributed by atoms with Crippen LogP contribution in [0.25, 0.3) is 0 Å². The van der Waals surface area contributed by atoms with E-state index in [1.165, 1.54) is 0 Å². The van der Waals surface area contributed by atoms with E-state index >= 15 is 0 Å². The summed E-state index contributed by atoms with van der Waals surface area (Å²) >= 11 is 0. The highest BCUT2D eigenvalue weighted by Gasteiger charge is 2.44. The van der Waals surface area contributed by atoms with Gasteiger partial charge in [-0.2, -0.15) is 0 Å². The number of imide groups is 2. The highest BCUT2D eigenvalue weighted by Crippen LogP contribution is 2.18. The van der Waals surface area contributed by atoms with Crippen molar-refractivity contribution in [1.82, 2.24) is 9.80 Å². The predicted molar refractivity (Wildman–Crippen MR) is 88.7 cm³/mol. The van der Waals surface area contributed by atoms with Gasteiger partial charge in [-0.3, -0.25) is 19.3 Å². The average Bonchev–Trinajstić information content (AvgIpc) is 2.73. The number of rotatable bonds is 6. The highest BCUT2D eigenvalue weighted by molar-refractivity contribution is 6.45. The van der Waals surface area contributed by atoms with Crippen LogP contribution >= 0.6 is 0 Å². The first-order valence-electron chi connectivity index (χ1n) is 8.06. The van der Waals surface area contributed by atoms with Crippen LogP contribution in [0.5, 0.6) is 0 Å². The Bertz CT molecular complexity index is 724. The lowest BCUT2D eigenvalue weighted by atomic mass is 9.98. The summed E-state index contributed by atoms with van der Waals surface area (Å²) in [6.07, 6.45) is 1.43. The molecule has 6 heteroatoms. The smallest absolute Gasteiger partial charge is 0.292 e. The normalized spacial score (nSPS) is 14.8. The van der Waals surface area contributed by atoms with Gasteiger partial charge in [0.2, 0.25) is 0 Å². The van der Waals surface area contributed by atoms with E-state index in [2.05, 4.69) is 0 Å². The van der Waals surface area contributed by atoms with Crippen molar-refractivity contribution in [2.45, 2.75) is 40.5 Å². The molecule has 0 atom stereocenters. The van der Waals surface area contributed by atoms with Crippen molar-refractivity contribution in [2.24, 2.45) is 0 Å². The van der Waals surface area contributed by atoms with E-state index < -0.39 is 24.4 Å². The number of hydrogen-bond acceptors (Lipinski definition) is 4. The molecule has 0 saturated carbocycles. The number of hydrogen-bond donors (Lipinski definition) is 0. The van der Waals surface area contributed by atoms with Crippen LogP contribution in [0, 0.1) is 20.8 Å². The molecule has 0 bridgehead atoms. The molecule has 1 fully saturated rings. The van der Waals surface area contributed by atoms with Crippen LogP contribution in [-0.4, -0.2) is 46.5 Å². The molecule has 0 spiro atoms. The molecule has 1 aliphatic heterocycles. The van der Waals surface area contributed by atoms with Crippen LogP contribution in [0.3, 0.4) is 0 Å². The van der Waals surface area contributed by atoms with Gasteiger partial charge in [0.25, 0.3) is 0 Å². The lowest BCUT2D eigenvalue weighted by Gasteiger charge is -2.15. The van der Waals surface area contributed by atoms with E-state index in [4.69, 9.17) is 0 Å². The fraction of sp³-hybridized carbons (Fsp3) is 0.444. The van der Waals surface area contributed by atoms with Crippen molar-refractivity contribution in [3.8, 4) is 0 Å². The summed E-state index contributed by atoms with van der Waals surface area (Å²) in [5.41, 5.74) is 3.29. The average molecular weight is 330 g/mol. The monoisotopic (exact) mass is 330 g/mol. The quantitative estimate of drug-likeness (QED) is 0.456. The van der Waals surface area contributed by atoms with Crippen molar-refractivity contribution < 1.29 is 19.2 Å². The van der Waals surface area contributed by atoms with Gasteiger partial charge in [-0.15, -0.1) is 0 Å². The molecule has 2 rings (SSSR count). The number of nitrogens with zero attached hydrogens (tertiary/aromatic N) is 2. The van der Waals surface area contributed by atoms with Gasteiger partial charge < -0.3 is 0 Å². The summed E-state index contributed by atoms with van der Waals surface area (Å²) in [7, 11) is 0. The van der Waals surface area contributed by atoms with Gasteiger partial charge in [0.05, 0.1) is 6.54 Å². The zero-order valence-electron chi connectivity index (χ0n) is 14.5. The Morgan fingerprint density at radius 3 is 2.12 bits per heavy atom. The van der Waals surface area contributed by atoms with Gasteiger partial charge in [-0.05, 0) is 49.9 Å². The van der Waals surface area contributed by atoms with E-state index in [1.807, 2.05) is 33.8 Å². The van der Waals surface area contributed by atoms with Gasteiger partial charge in [-0.1, -0.05) is 19.4 Å². The van der Waals surface area contributed by atoms with Crippen molar-refractivity contribution in [2.75, 3.05) is 13.1 Å². The molecule has 4 amide bonds. The Morgan fingerprint density at radius 2 is 1.50 bits per heavy atom. The largest absolute Gasteiger partial charge is 0.334 e. The molecular weight excluding hydrogens is 308 g/mol. The summed E-state index contributed by atoms with van der Waals surface area (Å²) < 4.78 is 0. The number of ketones is 1. The number of benzene rings is 1. The van der Waals surface area contributed by atoms with Gasteiger partial charge in [-0.25, -0.2) is 9.69 Å². The number of amides is 4. The van der Waals surface area contributed by atoms with Crippen molar-refractivity contribution in [3.05, 3.63) is 34.4 Å². The number of Topliss-reactive ketones (excluding diaryl/α,β-unsaturated/α-hetero) is 1. The molecule has 1 heterocycles. The van der Waals surface area contributed by atoms with Gasteiger partial charge in [0.1, 0.15) is 0 Å². The Labute approximate surface area is 141 Å². The van der Waals surface area contributed by atoms with Crippen LogP contribution in [0.2, 0.25) is 0 Å². The molecule has 24 heavy (non-hydrogen) atoms. The maximum Gasteiger partial charge on any atom is 0.334 e. The zero-order chi connectivity index (χ0) is 18.0. The molecule has 1 aromatic rings. The van der Waals surface area contributed by atoms with Gasteiger partial charge in [0.15, 0.2) is 5.78 Å². The summed E-state index contributed by atoms with van der Waals surface area (Å²) in [5.74, 6) is -2.12. The molecule has 0 aromatic heterocycles. The van der Waals surface area contributed by atoms with Crippen LogP contribution < -0.4 is 0 Å². The molecule has 0 N–H and O–H groups in total. The van der Waals surface area contributed by atoms with Gasteiger partial charge >= 0.3 is 17.8 Å². The minimum atomic E-state index is -0.925. The first-order valence-corrected chi connectivity index (χ1v) is 8.06. The second kappa shape index (κ2) is 6.95. The standard InChI is InChI=1S/C18H22N2O4/c1-5-6-7-19-16(22)17(23)20(18(19)24)10-15(21)14-9-12(3)11(2)8-13(14)4/h8-9H,5-7,10H2,1-4H3. The zero-order valence-corrected chi connectivity index (χ0v) is 14.5. The maximum atomic E-state index is 12.5. The molecule has 0 radical (unpaired) electrons. The van der Waals surface area contributed by atoms with E-state index in [0.717, 1.165) is 32.9 Å². The second-order valence-corrected chi connectivity index (χ2v) is 6.16. The van der Waals surface area contributed by atoms with Crippen LogP contribution in [0.1, 0.15) is 46.8 Å². The summed E-state index contributed by atoms with van der Waals surface area (Å²) in [6, 6.07) is 2.96. The molecule has 0 aliphatic carbocycles. The van der Waals surface area contributed by atoms with Crippen LogP contribution in [-0.2, 0) is 9.59 Å². The lowest BCUT2D eigenvalue weighted by molar-refractivity contribution is -0.143. The fourth-order valence-electron chi connectivity index (χ4n) is 2.69. The van der Waals surface area contributed by atoms with Crippen molar-refractivity contribution in [1.29, 1.82) is 0 Å². The third-order valence-electron chi connectivity index (χ3n) is 4.31. The molecule has 128 valence electrons. The third-order valence-corrected chi connectivity index (χ3v) is 4.31. The van der Waals surface area contributed by atoms with E-state index in [-0.39, 0.29) is 12.3 Å². The molecule has 1 saturated heterocycles. The minimum Gasteiger partial charge on any atom is -0.292 e. The highest BCUT2D eigenvalue weighted by atomic mass is 16.2. The molecule has 1 aliphatic rings. The molecule has 0 unspecified atom stereocenters. The molecular formula is C18H22N2O4. The number of unbranched alkanes of at least 4 members (excludes halogenated alkanes) is 1. The van der Waals surface area contributed by atoms with E-state index in [9.17, 15) is 19.2 Å². The Hall–Kier alpha value is -2.50. The number of carbonyl (C=O) groups excluding carboxylic acids is 4. The number of carbonyl (C=O) groups is 4. The minimum absolute atomic E-state index is 0.202. The number of urea groups is 1. The second-order valence-electron chi connectivity index (χ2n) is 6.16. The van der Waals surface area contributed by atoms with Gasteiger partial charge in [0, 0.05) is 12.1 Å². The van der Waals surface area contributed by atoms with Crippen LogP contribution in [0.4, 0.5) is 4.79 Å². The molecule has 1 aromatic carbocycles. The van der Waals surface area contributed by atoms with E-state index in [1.54, 1.807) is 6.07 Å². The Morgan fingerprint density at radius 1 is 0.917 bits per heavy atom. The summed E-state index contributed by atoms with van der Waals surface area (Å²) in [5, 5.41) is 0. The lowest BCUT2D eigenvalue weighted by Crippen LogP contribution is -2.37. The SMILES string of the molecule is CCCCN1C(=O)C(=O)N(CC(=O)c2cc(C)c(C)cc2C)C1=O. The summed E-state index contributed by atoms with van der Waals surface area (Å²) in [4.78, 5) is 50.4. The number of aryl methyl sites for hydroxylation is 3. The maximum absolute atomic E-state index is 12.5. The Balaban J connectivity index is 2.20. The van der Waals surface area contributed by atoms with Crippen LogP contribution in [0.15, 0.2) is 12.1 Å².